The molecule has 0 rings (SSSR count). The first-order valence-corrected chi connectivity index (χ1v) is 22.6. The van der Waals surface area contributed by atoms with Crippen LogP contribution in [0.3, 0.4) is 0 Å². The number of carbonyl (C=O) groups excluding carboxylic acids is 3. The van der Waals surface area contributed by atoms with Gasteiger partial charge >= 0.3 is 17.9 Å². The van der Waals surface area contributed by atoms with Crippen molar-refractivity contribution in [3.05, 3.63) is 48.6 Å². The van der Waals surface area contributed by atoms with Gasteiger partial charge in [0.15, 0.2) is 6.10 Å². The Morgan fingerprint density at radius 3 is 1.20 bits per heavy atom. The van der Waals surface area contributed by atoms with E-state index in [1.807, 2.05) is 0 Å². The minimum absolute atomic E-state index is 0.0798. The summed E-state index contributed by atoms with van der Waals surface area (Å²) in [5.41, 5.74) is 0. The van der Waals surface area contributed by atoms with Crippen LogP contribution in [0.1, 0.15) is 220 Å². The van der Waals surface area contributed by atoms with E-state index in [1.165, 1.54) is 83.5 Å². The molecule has 54 heavy (non-hydrogen) atoms. The Morgan fingerprint density at radius 2 is 0.741 bits per heavy atom. The summed E-state index contributed by atoms with van der Waals surface area (Å²) < 4.78 is 16.7. The monoisotopic (exact) mass is 757 g/mol. The van der Waals surface area contributed by atoms with Crippen molar-refractivity contribution in [1.82, 2.24) is 0 Å². The predicted octanol–water partition coefficient (Wildman–Crippen LogP) is 14.4. The van der Waals surface area contributed by atoms with Gasteiger partial charge in [0.25, 0.3) is 0 Å². The molecule has 0 aliphatic rings. The van der Waals surface area contributed by atoms with E-state index in [-0.39, 0.29) is 31.1 Å². The summed E-state index contributed by atoms with van der Waals surface area (Å²) in [6.45, 7) is 6.44. The Balaban J connectivity index is 4.36. The number of hydrogen-bond acceptors (Lipinski definition) is 6. The maximum absolute atomic E-state index is 12.7. The molecule has 0 aromatic rings. The lowest BCUT2D eigenvalue weighted by atomic mass is 10.1. The maximum atomic E-state index is 12.7. The molecule has 0 fully saturated rings. The molecular weight excluding hydrogens is 673 g/mol. The van der Waals surface area contributed by atoms with Crippen LogP contribution in [0.25, 0.3) is 0 Å². The molecule has 6 heteroatoms. The standard InChI is InChI=1S/C48H84O6/c1-4-7-10-13-16-19-21-22-23-24-25-27-29-32-35-38-41-47(50)53-44-45(43-52-46(49)40-37-34-31-28-18-15-12-9-6-3)54-48(51)42-39-36-33-30-26-20-17-14-11-8-5-2/h7,10,14,16-17,19,22-23,45H,4-6,8-9,11-13,15,18,20-21,24-44H2,1-3H3/b10-7-,17-14-,19-16-,23-22-. The zero-order chi connectivity index (χ0) is 39.4. The molecule has 0 saturated heterocycles. The van der Waals surface area contributed by atoms with Crippen molar-refractivity contribution in [1.29, 1.82) is 0 Å². The van der Waals surface area contributed by atoms with E-state index in [4.69, 9.17) is 14.2 Å². The van der Waals surface area contributed by atoms with Crippen molar-refractivity contribution in [3.63, 3.8) is 0 Å². The highest BCUT2D eigenvalue weighted by molar-refractivity contribution is 5.71. The molecule has 0 bridgehead atoms. The summed E-state index contributed by atoms with van der Waals surface area (Å²) in [6.07, 6.45) is 49.5. The summed E-state index contributed by atoms with van der Waals surface area (Å²) in [6, 6.07) is 0. The maximum Gasteiger partial charge on any atom is 0.306 e. The SMILES string of the molecule is CC/C=C\C/C=C\C/C=C\CCCCCCCCC(=O)OCC(COC(=O)CCCCCCCCCCC)OC(=O)CCCCCCC/C=C\CCCC. The second-order valence-corrected chi connectivity index (χ2v) is 14.9. The smallest absolute Gasteiger partial charge is 0.306 e. The zero-order valence-electron chi connectivity index (χ0n) is 35.5. The van der Waals surface area contributed by atoms with Crippen molar-refractivity contribution < 1.29 is 28.6 Å². The Labute approximate surface area is 333 Å². The molecule has 0 aliphatic heterocycles. The fourth-order valence-corrected chi connectivity index (χ4v) is 6.14. The van der Waals surface area contributed by atoms with Gasteiger partial charge in [0.05, 0.1) is 0 Å². The first kappa shape index (κ1) is 51.4. The molecule has 0 amide bonds. The van der Waals surface area contributed by atoms with E-state index in [2.05, 4.69) is 69.4 Å². The molecule has 0 aliphatic carbocycles. The molecule has 0 saturated carbocycles. The van der Waals surface area contributed by atoms with Gasteiger partial charge in [-0.15, -0.1) is 0 Å². The minimum atomic E-state index is -0.777. The Bertz CT molecular complexity index is 964. The molecule has 1 atom stereocenters. The molecule has 0 spiro atoms. The van der Waals surface area contributed by atoms with Crippen LogP contribution in [-0.2, 0) is 28.6 Å². The van der Waals surface area contributed by atoms with E-state index in [0.717, 1.165) is 96.3 Å². The van der Waals surface area contributed by atoms with Gasteiger partial charge in [0, 0.05) is 19.3 Å². The third kappa shape index (κ3) is 40.6. The summed E-state index contributed by atoms with van der Waals surface area (Å²) in [5, 5.41) is 0. The van der Waals surface area contributed by atoms with Crippen molar-refractivity contribution in [2.75, 3.05) is 13.2 Å². The molecule has 312 valence electrons. The number of allylic oxidation sites excluding steroid dienone is 8. The molecule has 0 heterocycles. The molecule has 0 aromatic carbocycles. The van der Waals surface area contributed by atoms with E-state index < -0.39 is 6.10 Å². The fourth-order valence-electron chi connectivity index (χ4n) is 6.14. The number of unbranched alkanes of at least 4 members (excludes halogenated alkanes) is 21. The Morgan fingerprint density at radius 1 is 0.389 bits per heavy atom. The number of rotatable bonds is 40. The first-order chi connectivity index (χ1) is 26.5. The largest absolute Gasteiger partial charge is 0.462 e. The summed E-state index contributed by atoms with van der Waals surface area (Å²) in [7, 11) is 0. The van der Waals surface area contributed by atoms with Gasteiger partial charge in [-0.25, -0.2) is 0 Å². The quantitative estimate of drug-likeness (QED) is 0.0268. The van der Waals surface area contributed by atoms with Gasteiger partial charge < -0.3 is 14.2 Å². The highest BCUT2D eigenvalue weighted by atomic mass is 16.6. The number of esters is 3. The molecule has 1 unspecified atom stereocenters. The van der Waals surface area contributed by atoms with Gasteiger partial charge in [-0.3, -0.25) is 14.4 Å². The minimum Gasteiger partial charge on any atom is -0.462 e. The second-order valence-electron chi connectivity index (χ2n) is 14.9. The number of hydrogen-bond donors (Lipinski definition) is 0. The third-order valence-corrected chi connectivity index (χ3v) is 9.57. The predicted molar refractivity (Wildman–Crippen MR) is 229 cm³/mol. The molecule has 6 nitrogen and oxygen atoms in total. The van der Waals surface area contributed by atoms with Crippen molar-refractivity contribution in [2.24, 2.45) is 0 Å². The van der Waals surface area contributed by atoms with Crippen LogP contribution in [0.5, 0.6) is 0 Å². The topological polar surface area (TPSA) is 78.9 Å². The Kier molecular flexibility index (Phi) is 41.0. The highest BCUT2D eigenvalue weighted by Gasteiger charge is 2.19. The van der Waals surface area contributed by atoms with Gasteiger partial charge in [-0.05, 0) is 70.6 Å². The Hall–Kier alpha value is -2.63. The molecule has 0 aromatic heterocycles. The van der Waals surface area contributed by atoms with Crippen LogP contribution in [0, 0.1) is 0 Å². The second kappa shape index (κ2) is 43.1. The van der Waals surface area contributed by atoms with E-state index in [1.54, 1.807) is 0 Å². The summed E-state index contributed by atoms with van der Waals surface area (Å²) in [4.78, 5) is 37.6. The number of ether oxygens (including phenoxy) is 3. The van der Waals surface area contributed by atoms with Crippen molar-refractivity contribution in [2.45, 2.75) is 226 Å². The average Bonchev–Trinajstić information content (AvgIpc) is 3.17. The van der Waals surface area contributed by atoms with E-state index in [0.29, 0.717) is 19.3 Å². The molecule has 0 radical (unpaired) electrons. The van der Waals surface area contributed by atoms with E-state index in [9.17, 15) is 14.4 Å². The van der Waals surface area contributed by atoms with Crippen LogP contribution >= 0.6 is 0 Å². The average molecular weight is 757 g/mol. The van der Waals surface area contributed by atoms with Crippen LogP contribution in [0.2, 0.25) is 0 Å². The lowest BCUT2D eigenvalue weighted by molar-refractivity contribution is -0.167. The number of carbonyl (C=O) groups is 3. The van der Waals surface area contributed by atoms with Crippen LogP contribution in [0.4, 0.5) is 0 Å². The van der Waals surface area contributed by atoms with Crippen LogP contribution < -0.4 is 0 Å². The van der Waals surface area contributed by atoms with Crippen LogP contribution in [-0.4, -0.2) is 37.2 Å². The summed E-state index contributed by atoms with van der Waals surface area (Å²) in [5.74, 6) is -0.907. The van der Waals surface area contributed by atoms with Gasteiger partial charge in [0.2, 0.25) is 0 Å². The normalized spacial score (nSPS) is 12.4. The third-order valence-electron chi connectivity index (χ3n) is 9.57. The summed E-state index contributed by atoms with van der Waals surface area (Å²) >= 11 is 0. The highest BCUT2D eigenvalue weighted by Crippen LogP contribution is 2.14. The first-order valence-electron chi connectivity index (χ1n) is 22.6. The fraction of sp³-hybridized carbons (Fsp3) is 0.771. The van der Waals surface area contributed by atoms with Gasteiger partial charge in [0.1, 0.15) is 13.2 Å². The zero-order valence-corrected chi connectivity index (χ0v) is 35.5. The van der Waals surface area contributed by atoms with Crippen molar-refractivity contribution in [3.8, 4) is 0 Å². The van der Waals surface area contributed by atoms with Gasteiger partial charge in [-0.2, -0.15) is 0 Å². The lowest BCUT2D eigenvalue weighted by Gasteiger charge is -2.18. The molecule has 0 N–H and O–H groups in total. The van der Waals surface area contributed by atoms with Crippen molar-refractivity contribution >= 4 is 17.9 Å². The van der Waals surface area contributed by atoms with Crippen LogP contribution in [0.15, 0.2) is 48.6 Å². The molecular formula is C48H84O6. The van der Waals surface area contributed by atoms with Gasteiger partial charge in [-0.1, -0.05) is 179 Å². The lowest BCUT2D eigenvalue weighted by Crippen LogP contribution is -2.30. The van der Waals surface area contributed by atoms with E-state index >= 15 is 0 Å².